The molecule has 0 amide bonds. The lowest BCUT2D eigenvalue weighted by atomic mass is 9.82. The smallest absolute Gasteiger partial charge is 0.123 e. The number of halogens is 1. The number of nitrogens with one attached hydrogen (secondary N) is 1. The zero-order chi connectivity index (χ0) is 13.2. The van der Waals surface area contributed by atoms with Crippen molar-refractivity contribution < 1.29 is 4.39 Å². The predicted molar refractivity (Wildman–Crippen MR) is 76.4 cm³/mol. The van der Waals surface area contributed by atoms with Gasteiger partial charge in [-0.1, -0.05) is 25.0 Å². The van der Waals surface area contributed by atoms with Crippen LogP contribution in [0.5, 0.6) is 0 Å². The minimum absolute atomic E-state index is 0.151. The third-order valence-corrected chi connectivity index (χ3v) is 4.86. The number of benzene rings is 1. The highest BCUT2D eigenvalue weighted by molar-refractivity contribution is 5.19. The number of rotatable bonds is 4. The molecular weight excluding hydrogens is 237 g/mol. The van der Waals surface area contributed by atoms with Crippen molar-refractivity contribution in [3.05, 3.63) is 35.6 Å². The van der Waals surface area contributed by atoms with Crippen molar-refractivity contribution in [3.8, 4) is 0 Å². The van der Waals surface area contributed by atoms with Crippen LogP contribution < -0.4 is 5.32 Å². The first-order valence-corrected chi connectivity index (χ1v) is 7.74. The summed E-state index contributed by atoms with van der Waals surface area (Å²) in [5.41, 5.74) is 1.19. The Morgan fingerprint density at radius 2 is 1.79 bits per heavy atom. The van der Waals surface area contributed by atoms with Crippen LogP contribution in [0.3, 0.4) is 0 Å². The molecule has 3 unspecified atom stereocenters. The minimum atomic E-state index is -0.151. The van der Waals surface area contributed by atoms with Crippen molar-refractivity contribution in [3.63, 3.8) is 0 Å². The van der Waals surface area contributed by atoms with E-state index in [0.29, 0.717) is 12.1 Å². The largest absolute Gasteiger partial charge is 0.307 e. The first-order valence-electron chi connectivity index (χ1n) is 7.74. The molecule has 2 fully saturated rings. The van der Waals surface area contributed by atoms with Gasteiger partial charge >= 0.3 is 0 Å². The van der Waals surface area contributed by atoms with Gasteiger partial charge in [0.1, 0.15) is 5.82 Å². The fraction of sp³-hybridized carbons (Fsp3) is 0.647. The Morgan fingerprint density at radius 1 is 1.05 bits per heavy atom. The summed E-state index contributed by atoms with van der Waals surface area (Å²) in [6.45, 7) is 2.19. The zero-order valence-electron chi connectivity index (χ0n) is 11.7. The molecule has 2 aliphatic carbocycles. The van der Waals surface area contributed by atoms with Crippen molar-refractivity contribution in [2.24, 2.45) is 11.8 Å². The highest BCUT2D eigenvalue weighted by Crippen LogP contribution is 2.44. The molecule has 1 aromatic carbocycles. The van der Waals surface area contributed by atoms with Crippen LogP contribution in [-0.4, -0.2) is 6.04 Å². The zero-order valence-corrected chi connectivity index (χ0v) is 11.7. The lowest BCUT2D eigenvalue weighted by Crippen LogP contribution is -2.36. The van der Waals surface area contributed by atoms with Gasteiger partial charge in [0.15, 0.2) is 0 Å². The molecule has 0 saturated heterocycles. The molecule has 2 saturated carbocycles. The van der Waals surface area contributed by atoms with Crippen LogP contribution in [0.25, 0.3) is 0 Å². The van der Waals surface area contributed by atoms with E-state index in [9.17, 15) is 4.39 Å². The van der Waals surface area contributed by atoms with Crippen LogP contribution in [0.2, 0.25) is 0 Å². The Hall–Kier alpha value is -0.890. The molecule has 2 heteroatoms. The van der Waals surface area contributed by atoms with E-state index in [1.807, 2.05) is 12.1 Å². The van der Waals surface area contributed by atoms with Crippen LogP contribution in [0.4, 0.5) is 4.39 Å². The molecule has 104 valence electrons. The second kappa shape index (κ2) is 5.62. The highest BCUT2D eigenvalue weighted by atomic mass is 19.1. The lowest BCUT2D eigenvalue weighted by Gasteiger charge is -2.32. The molecule has 1 aromatic rings. The van der Waals surface area contributed by atoms with Crippen molar-refractivity contribution >= 4 is 0 Å². The summed E-state index contributed by atoms with van der Waals surface area (Å²) >= 11 is 0. The molecule has 0 aliphatic heterocycles. The van der Waals surface area contributed by atoms with Crippen LogP contribution in [-0.2, 0) is 0 Å². The van der Waals surface area contributed by atoms with Crippen LogP contribution in [0.15, 0.2) is 24.3 Å². The van der Waals surface area contributed by atoms with Crippen LogP contribution in [0, 0.1) is 17.7 Å². The molecule has 1 N–H and O–H groups in total. The van der Waals surface area contributed by atoms with Gasteiger partial charge in [0, 0.05) is 12.1 Å². The monoisotopic (exact) mass is 261 g/mol. The number of hydrogen-bond donors (Lipinski definition) is 1. The number of hydrogen-bond acceptors (Lipinski definition) is 1. The Bertz CT molecular complexity index is 410. The van der Waals surface area contributed by atoms with Gasteiger partial charge in [-0.3, -0.25) is 0 Å². The SMILES string of the molecule is CC(NC1CCCC(C2CC2)C1)c1ccc(F)cc1. The van der Waals surface area contributed by atoms with Gasteiger partial charge in [-0.25, -0.2) is 4.39 Å². The average molecular weight is 261 g/mol. The maximum absolute atomic E-state index is 12.9. The molecule has 0 heterocycles. The third-order valence-electron chi connectivity index (χ3n) is 4.86. The van der Waals surface area contributed by atoms with Gasteiger partial charge < -0.3 is 5.32 Å². The molecule has 3 atom stereocenters. The first-order chi connectivity index (χ1) is 9.22. The van der Waals surface area contributed by atoms with Gasteiger partial charge in [0.2, 0.25) is 0 Å². The maximum Gasteiger partial charge on any atom is 0.123 e. The fourth-order valence-electron chi connectivity index (χ4n) is 3.58. The van der Waals surface area contributed by atoms with E-state index in [1.165, 1.54) is 44.1 Å². The molecule has 2 aliphatic rings. The summed E-state index contributed by atoms with van der Waals surface area (Å²) in [7, 11) is 0. The maximum atomic E-state index is 12.9. The van der Waals surface area contributed by atoms with E-state index < -0.39 is 0 Å². The van der Waals surface area contributed by atoms with E-state index in [2.05, 4.69) is 12.2 Å². The van der Waals surface area contributed by atoms with Crippen molar-refractivity contribution in [1.29, 1.82) is 0 Å². The van der Waals surface area contributed by atoms with E-state index in [-0.39, 0.29) is 5.82 Å². The normalized spacial score (nSPS) is 29.2. The van der Waals surface area contributed by atoms with Gasteiger partial charge in [0.25, 0.3) is 0 Å². The molecule has 3 rings (SSSR count). The molecule has 0 aromatic heterocycles. The Balaban J connectivity index is 1.56. The Kier molecular flexibility index (Phi) is 3.88. The summed E-state index contributed by atoms with van der Waals surface area (Å²) in [4.78, 5) is 0. The molecule has 0 spiro atoms. The minimum Gasteiger partial charge on any atom is -0.307 e. The second-order valence-corrected chi connectivity index (χ2v) is 6.40. The van der Waals surface area contributed by atoms with E-state index >= 15 is 0 Å². The molecular formula is C17H24FN. The summed E-state index contributed by atoms with van der Waals surface area (Å²) in [6.07, 6.45) is 8.38. The van der Waals surface area contributed by atoms with Gasteiger partial charge in [-0.15, -0.1) is 0 Å². The standard InChI is InChI=1S/C17H24FN/c1-12(13-7-9-16(18)10-8-13)19-17-4-2-3-15(11-17)14-5-6-14/h7-10,12,14-15,17,19H,2-6,11H2,1H3. The molecule has 1 nitrogen and oxygen atoms in total. The van der Waals surface area contributed by atoms with Crippen LogP contribution in [0.1, 0.15) is 57.1 Å². The first kappa shape index (κ1) is 13.1. The van der Waals surface area contributed by atoms with Gasteiger partial charge in [0.05, 0.1) is 0 Å². The Labute approximate surface area is 115 Å². The summed E-state index contributed by atoms with van der Waals surface area (Å²) in [5.74, 6) is 1.85. The molecule has 0 bridgehead atoms. The van der Waals surface area contributed by atoms with Crippen LogP contribution >= 0.6 is 0 Å². The Morgan fingerprint density at radius 3 is 2.47 bits per heavy atom. The highest BCUT2D eigenvalue weighted by Gasteiger charge is 2.34. The van der Waals surface area contributed by atoms with E-state index in [1.54, 1.807) is 12.1 Å². The predicted octanol–water partition coefficient (Wildman–Crippen LogP) is 4.45. The average Bonchev–Trinajstić information content (AvgIpc) is 3.24. The van der Waals surface area contributed by atoms with Gasteiger partial charge in [-0.05, 0) is 62.1 Å². The second-order valence-electron chi connectivity index (χ2n) is 6.40. The quantitative estimate of drug-likeness (QED) is 0.844. The summed E-state index contributed by atoms with van der Waals surface area (Å²) in [6, 6.07) is 7.88. The topological polar surface area (TPSA) is 12.0 Å². The lowest BCUT2D eigenvalue weighted by molar-refractivity contribution is 0.249. The van der Waals surface area contributed by atoms with Gasteiger partial charge in [-0.2, -0.15) is 0 Å². The van der Waals surface area contributed by atoms with E-state index in [4.69, 9.17) is 0 Å². The van der Waals surface area contributed by atoms with Crippen molar-refractivity contribution in [1.82, 2.24) is 5.32 Å². The third kappa shape index (κ3) is 3.36. The van der Waals surface area contributed by atoms with Crippen molar-refractivity contribution in [2.45, 2.75) is 57.5 Å². The van der Waals surface area contributed by atoms with Crippen molar-refractivity contribution in [2.75, 3.05) is 0 Å². The fourth-order valence-corrected chi connectivity index (χ4v) is 3.58. The molecule has 0 radical (unpaired) electrons. The summed E-state index contributed by atoms with van der Waals surface area (Å²) in [5, 5.41) is 3.74. The molecule has 19 heavy (non-hydrogen) atoms. The summed E-state index contributed by atoms with van der Waals surface area (Å²) < 4.78 is 12.9. The van der Waals surface area contributed by atoms with E-state index in [0.717, 1.165) is 11.8 Å².